The van der Waals surface area contributed by atoms with Crippen LogP contribution in [0.25, 0.3) is 0 Å². The summed E-state index contributed by atoms with van der Waals surface area (Å²) in [5, 5.41) is 0. The van der Waals surface area contributed by atoms with E-state index in [2.05, 4.69) is 31.8 Å². The van der Waals surface area contributed by atoms with Gasteiger partial charge in [-0.25, -0.2) is 0 Å². The smallest absolute Gasteiger partial charge is 0.0226 e. The number of aliphatic imine (C=N–C) groups is 1. The van der Waals surface area contributed by atoms with Gasteiger partial charge in [0.1, 0.15) is 0 Å². The van der Waals surface area contributed by atoms with Crippen LogP contribution in [0.2, 0.25) is 0 Å². The first-order valence-electron chi connectivity index (χ1n) is 3.45. The Balaban J connectivity index is 3.35. The van der Waals surface area contributed by atoms with Crippen LogP contribution in [0.4, 0.5) is 0 Å². The third kappa shape index (κ3) is 7.41. The number of hydrogen-bond donors (Lipinski definition) is 0. The van der Waals surface area contributed by atoms with E-state index in [-0.39, 0.29) is 0 Å². The van der Waals surface area contributed by atoms with E-state index in [1.54, 1.807) is 0 Å². The van der Waals surface area contributed by atoms with Crippen molar-refractivity contribution < 1.29 is 0 Å². The molecular formula is C8H15N. The zero-order valence-corrected chi connectivity index (χ0v) is 6.46. The molecule has 9 heavy (non-hydrogen) atoms. The standard InChI is InChI=1S/C8H15N/c1-4-6-9-7-5-8(2)3/h5-8H,4H2,1-3H3/b7-5-,9-6-. The van der Waals surface area contributed by atoms with Crippen molar-refractivity contribution in [2.75, 3.05) is 0 Å². The Hall–Kier alpha value is -0.590. The maximum Gasteiger partial charge on any atom is 0.0226 e. The maximum absolute atomic E-state index is 4.02. The van der Waals surface area contributed by atoms with E-state index < -0.39 is 0 Å². The maximum atomic E-state index is 4.02. The lowest BCUT2D eigenvalue weighted by Gasteiger charge is -1.88. The predicted molar refractivity (Wildman–Crippen MR) is 42.8 cm³/mol. The summed E-state index contributed by atoms with van der Waals surface area (Å²) in [5.41, 5.74) is 0. The lowest BCUT2D eigenvalue weighted by molar-refractivity contribution is 0.829. The first kappa shape index (κ1) is 8.41. The van der Waals surface area contributed by atoms with Crippen LogP contribution < -0.4 is 0 Å². The third-order valence-electron chi connectivity index (χ3n) is 0.845. The largest absolute Gasteiger partial charge is 0.269 e. The minimum absolute atomic E-state index is 0.610. The molecule has 0 radical (unpaired) electrons. The Kier molecular flexibility index (Phi) is 5.18. The van der Waals surface area contributed by atoms with Crippen LogP contribution in [0.15, 0.2) is 17.3 Å². The highest BCUT2D eigenvalue weighted by Gasteiger charge is 1.78. The Labute approximate surface area is 57.5 Å². The topological polar surface area (TPSA) is 12.4 Å². The van der Waals surface area contributed by atoms with E-state index in [0.29, 0.717) is 5.92 Å². The van der Waals surface area contributed by atoms with Crippen molar-refractivity contribution in [3.8, 4) is 0 Å². The van der Waals surface area contributed by atoms with Gasteiger partial charge in [-0.05, 0) is 12.3 Å². The van der Waals surface area contributed by atoms with Gasteiger partial charge in [-0.3, -0.25) is 4.99 Å². The Morgan fingerprint density at radius 2 is 2.11 bits per heavy atom. The molecule has 0 saturated carbocycles. The molecule has 0 atom stereocenters. The summed E-state index contributed by atoms with van der Waals surface area (Å²) in [6.07, 6.45) is 6.85. The van der Waals surface area contributed by atoms with E-state index in [4.69, 9.17) is 0 Å². The zero-order chi connectivity index (χ0) is 7.11. The molecular weight excluding hydrogens is 110 g/mol. The highest BCUT2D eigenvalue weighted by atomic mass is 14.7. The summed E-state index contributed by atoms with van der Waals surface area (Å²) in [6.45, 7) is 6.35. The predicted octanol–water partition coefficient (Wildman–Crippen LogP) is 2.64. The van der Waals surface area contributed by atoms with Crippen LogP contribution in [-0.2, 0) is 0 Å². The van der Waals surface area contributed by atoms with Crippen molar-refractivity contribution in [1.29, 1.82) is 0 Å². The van der Waals surface area contributed by atoms with Gasteiger partial charge in [0.15, 0.2) is 0 Å². The normalized spacial score (nSPS) is 12.4. The molecule has 0 unspecified atom stereocenters. The van der Waals surface area contributed by atoms with Crippen molar-refractivity contribution in [2.45, 2.75) is 27.2 Å². The van der Waals surface area contributed by atoms with Crippen molar-refractivity contribution in [1.82, 2.24) is 0 Å². The number of allylic oxidation sites excluding steroid dienone is 1. The minimum Gasteiger partial charge on any atom is -0.269 e. The fourth-order valence-corrected chi connectivity index (χ4v) is 0.388. The van der Waals surface area contributed by atoms with E-state index in [1.165, 1.54) is 0 Å². The van der Waals surface area contributed by atoms with Crippen LogP contribution in [0, 0.1) is 5.92 Å². The molecule has 0 amide bonds. The molecule has 0 rings (SSSR count). The van der Waals surface area contributed by atoms with Gasteiger partial charge in [0.05, 0.1) is 0 Å². The van der Waals surface area contributed by atoms with Gasteiger partial charge >= 0.3 is 0 Å². The Morgan fingerprint density at radius 3 is 2.56 bits per heavy atom. The van der Waals surface area contributed by atoms with Crippen molar-refractivity contribution in [2.24, 2.45) is 10.9 Å². The summed E-state index contributed by atoms with van der Waals surface area (Å²) in [6, 6.07) is 0. The van der Waals surface area contributed by atoms with E-state index in [0.717, 1.165) is 6.42 Å². The SMILES string of the molecule is CC/C=N\C=C/C(C)C. The third-order valence-corrected chi connectivity index (χ3v) is 0.845. The Bertz CT molecular complexity index is 101. The molecule has 0 aliphatic carbocycles. The molecule has 0 spiro atoms. The Morgan fingerprint density at radius 1 is 1.44 bits per heavy atom. The van der Waals surface area contributed by atoms with Gasteiger partial charge in [0.25, 0.3) is 0 Å². The minimum atomic E-state index is 0.610. The summed E-state index contributed by atoms with van der Waals surface area (Å²) >= 11 is 0. The molecule has 0 heterocycles. The van der Waals surface area contributed by atoms with Crippen molar-refractivity contribution in [3.05, 3.63) is 12.3 Å². The summed E-state index contributed by atoms with van der Waals surface area (Å²) in [4.78, 5) is 4.02. The van der Waals surface area contributed by atoms with Crippen LogP contribution in [-0.4, -0.2) is 6.21 Å². The lowest BCUT2D eigenvalue weighted by Crippen LogP contribution is -1.75. The van der Waals surface area contributed by atoms with E-state index in [9.17, 15) is 0 Å². The number of rotatable bonds is 3. The molecule has 0 saturated heterocycles. The second-order valence-electron chi connectivity index (χ2n) is 2.33. The van der Waals surface area contributed by atoms with Crippen LogP contribution in [0.1, 0.15) is 27.2 Å². The molecule has 0 aromatic rings. The monoisotopic (exact) mass is 125 g/mol. The fraction of sp³-hybridized carbons (Fsp3) is 0.625. The fourth-order valence-electron chi connectivity index (χ4n) is 0.388. The van der Waals surface area contributed by atoms with Gasteiger partial charge in [0.2, 0.25) is 0 Å². The van der Waals surface area contributed by atoms with Gasteiger partial charge < -0.3 is 0 Å². The van der Waals surface area contributed by atoms with E-state index >= 15 is 0 Å². The van der Waals surface area contributed by atoms with Gasteiger partial charge in [-0.2, -0.15) is 0 Å². The van der Waals surface area contributed by atoms with Gasteiger partial charge in [-0.1, -0.05) is 26.8 Å². The van der Waals surface area contributed by atoms with Crippen molar-refractivity contribution >= 4 is 6.21 Å². The molecule has 1 nitrogen and oxygen atoms in total. The van der Waals surface area contributed by atoms with E-state index in [1.807, 2.05) is 12.4 Å². The quantitative estimate of drug-likeness (QED) is 0.514. The van der Waals surface area contributed by atoms with Gasteiger partial charge in [0, 0.05) is 12.4 Å². The second-order valence-corrected chi connectivity index (χ2v) is 2.33. The number of hydrogen-bond acceptors (Lipinski definition) is 1. The summed E-state index contributed by atoms with van der Waals surface area (Å²) < 4.78 is 0. The molecule has 0 aromatic carbocycles. The zero-order valence-electron chi connectivity index (χ0n) is 6.46. The average Bonchev–Trinajstić information content (AvgIpc) is 1.80. The van der Waals surface area contributed by atoms with Gasteiger partial charge in [-0.15, -0.1) is 0 Å². The summed E-state index contributed by atoms with van der Waals surface area (Å²) in [5.74, 6) is 0.610. The lowest BCUT2D eigenvalue weighted by atomic mass is 10.2. The first-order chi connectivity index (χ1) is 4.27. The second kappa shape index (κ2) is 5.54. The molecule has 0 aliphatic heterocycles. The van der Waals surface area contributed by atoms with Crippen molar-refractivity contribution in [3.63, 3.8) is 0 Å². The molecule has 0 aromatic heterocycles. The molecule has 0 bridgehead atoms. The molecule has 0 aliphatic rings. The van der Waals surface area contributed by atoms with Crippen LogP contribution >= 0.6 is 0 Å². The molecule has 0 N–H and O–H groups in total. The average molecular weight is 125 g/mol. The van der Waals surface area contributed by atoms with Crippen LogP contribution in [0.3, 0.4) is 0 Å². The molecule has 0 fully saturated rings. The number of nitrogens with zero attached hydrogens (tertiary/aromatic N) is 1. The molecule has 52 valence electrons. The molecule has 1 heteroatoms. The highest BCUT2D eigenvalue weighted by Crippen LogP contribution is 1.92. The highest BCUT2D eigenvalue weighted by molar-refractivity contribution is 5.57. The first-order valence-corrected chi connectivity index (χ1v) is 3.45. The van der Waals surface area contributed by atoms with Crippen LogP contribution in [0.5, 0.6) is 0 Å². The summed E-state index contributed by atoms with van der Waals surface area (Å²) in [7, 11) is 0.